The van der Waals surface area contributed by atoms with Gasteiger partial charge in [-0.15, -0.1) is 0 Å². The average molecular weight is 309 g/mol. The standard InChI is InChI=1S/C18H29ClN2/c1-6-18(7-2)12-21(17(11-20-18)13(3)4)16-10-15(19)9-8-14(16)5/h8-10,13,17,20H,6-7,11-12H2,1-5H3. The van der Waals surface area contributed by atoms with Gasteiger partial charge in [0.05, 0.1) is 0 Å². The summed E-state index contributed by atoms with van der Waals surface area (Å²) in [6.07, 6.45) is 2.31. The number of anilines is 1. The van der Waals surface area contributed by atoms with Crippen LogP contribution in [0.5, 0.6) is 0 Å². The lowest BCUT2D eigenvalue weighted by molar-refractivity contribution is 0.227. The number of nitrogens with one attached hydrogen (secondary N) is 1. The van der Waals surface area contributed by atoms with Crippen molar-refractivity contribution in [3.63, 3.8) is 0 Å². The Labute approximate surface area is 134 Å². The second kappa shape index (κ2) is 6.58. The lowest BCUT2D eigenvalue weighted by Crippen LogP contribution is -2.65. The van der Waals surface area contributed by atoms with Crippen LogP contribution in [0.15, 0.2) is 18.2 Å². The maximum Gasteiger partial charge on any atom is 0.0438 e. The Morgan fingerprint density at radius 2 is 2.00 bits per heavy atom. The molecule has 1 saturated heterocycles. The predicted octanol–water partition coefficient (Wildman–Crippen LogP) is 4.64. The third-order valence-corrected chi connectivity index (χ3v) is 5.40. The molecule has 1 unspecified atom stereocenters. The van der Waals surface area contributed by atoms with Gasteiger partial charge < -0.3 is 10.2 Å². The molecule has 0 radical (unpaired) electrons. The Balaban J connectivity index is 2.40. The van der Waals surface area contributed by atoms with Gasteiger partial charge in [-0.05, 0) is 43.4 Å². The number of piperazine rings is 1. The zero-order chi connectivity index (χ0) is 15.6. The monoisotopic (exact) mass is 308 g/mol. The Morgan fingerprint density at radius 3 is 2.57 bits per heavy atom. The van der Waals surface area contributed by atoms with Gasteiger partial charge in [0, 0.05) is 35.4 Å². The van der Waals surface area contributed by atoms with E-state index in [0.717, 1.165) is 31.0 Å². The maximum atomic E-state index is 6.26. The van der Waals surface area contributed by atoms with Crippen LogP contribution in [0.2, 0.25) is 5.02 Å². The molecule has 0 aromatic heterocycles. The quantitative estimate of drug-likeness (QED) is 0.871. The van der Waals surface area contributed by atoms with E-state index in [9.17, 15) is 0 Å². The normalized spacial score (nSPS) is 21.9. The molecule has 2 nitrogen and oxygen atoms in total. The molecule has 21 heavy (non-hydrogen) atoms. The Bertz CT molecular complexity index is 480. The highest BCUT2D eigenvalue weighted by Crippen LogP contribution is 2.33. The molecule has 0 aliphatic carbocycles. The molecule has 118 valence electrons. The summed E-state index contributed by atoms with van der Waals surface area (Å²) < 4.78 is 0. The highest BCUT2D eigenvalue weighted by Gasteiger charge is 2.38. The summed E-state index contributed by atoms with van der Waals surface area (Å²) in [4.78, 5) is 2.59. The van der Waals surface area contributed by atoms with Crippen molar-refractivity contribution in [2.45, 2.75) is 59.0 Å². The number of benzene rings is 1. The van der Waals surface area contributed by atoms with Gasteiger partial charge in [0.1, 0.15) is 0 Å². The molecule has 1 heterocycles. The highest BCUT2D eigenvalue weighted by molar-refractivity contribution is 6.30. The predicted molar refractivity (Wildman–Crippen MR) is 93.5 cm³/mol. The van der Waals surface area contributed by atoms with E-state index in [1.807, 2.05) is 6.07 Å². The second-order valence-corrected chi connectivity index (χ2v) is 7.17. The molecule has 1 aliphatic heterocycles. The van der Waals surface area contributed by atoms with Crippen LogP contribution in [0, 0.1) is 12.8 Å². The summed E-state index contributed by atoms with van der Waals surface area (Å²) in [5.41, 5.74) is 2.84. The minimum atomic E-state index is 0.222. The van der Waals surface area contributed by atoms with Crippen molar-refractivity contribution in [2.24, 2.45) is 5.92 Å². The first-order valence-electron chi connectivity index (χ1n) is 8.20. The number of hydrogen-bond donors (Lipinski definition) is 1. The van der Waals surface area contributed by atoms with Crippen molar-refractivity contribution >= 4 is 17.3 Å². The Hall–Kier alpha value is -0.730. The van der Waals surface area contributed by atoms with Crippen molar-refractivity contribution in [1.82, 2.24) is 5.32 Å². The van der Waals surface area contributed by atoms with Crippen molar-refractivity contribution in [2.75, 3.05) is 18.0 Å². The third kappa shape index (κ3) is 3.37. The van der Waals surface area contributed by atoms with E-state index in [2.05, 4.69) is 57.0 Å². The SMILES string of the molecule is CCC1(CC)CN(c2cc(Cl)ccc2C)C(C(C)C)CN1. The van der Waals surface area contributed by atoms with Crippen LogP contribution in [0.1, 0.15) is 46.1 Å². The molecule has 2 rings (SSSR count). The molecule has 1 aromatic rings. The van der Waals surface area contributed by atoms with Crippen LogP contribution in [0.3, 0.4) is 0 Å². The third-order valence-electron chi connectivity index (χ3n) is 5.16. The van der Waals surface area contributed by atoms with E-state index in [4.69, 9.17) is 11.6 Å². The van der Waals surface area contributed by atoms with Crippen LogP contribution in [0.4, 0.5) is 5.69 Å². The van der Waals surface area contributed by atoms with Crippen molar-refractivity contribution in [3.05, 3.63) is 28.8 Å². The van der Waals surface area contributed by atoms with Crippen molar-refractivity contribution < 1.29 is 0 Å². The number of nitrogens with zero attached hydrogens (tertiary/aromatic N) is 1. The van der Waals surface area contributed by atoms with Crippen LogP contribution in [-0.2, 0) is 0 Å². The molecule has 0 saturated carbocycles. The molecular formula is C18H29ClN2. The van der Waals surface area contributed by atoms with E-state index >= 15 is 0 Å². The summed E-state index contributed by atoms with van der Waals surface area (Å²) >= 11 is 6.26. The van der Waals surface area contributed by atoms with Gasteiger partial charge in [-0.3, -0.25) is 0 Å². The van der Waals surface area contributed by atoms with Gasteiger partial charge in [0.25, 0.3) is 0 Å². The average Bonchev–Trinajstić information content (AvgIpc) is 2.49. The van der Waals surface area contributed by atoms with Gasteiger partial charge in [0.15, 0.2) is 0 Å². The lowest BCUT2D eigenvalue weighted by atomic mass is 9.85. The van der Waals surface area contributed by atoms with E-state index in [-0.39, 0.29) is 5.54 Å². The molecule has 0 bridgehead atoms. The van der Waals surface area contributed by atoms with Crippen LogP contribution < -0.4 is 10.2 Å². The van der Waals surface area contributed by atoms with Gasteiger partial charge in [-0.2, -0.15) is 0 Å². The molecule has 1 aromatic carbocycles. The fraction of sp³-hybridized carbons (Fsp3) is 0.667. The first kappa shape index (κ1) is 16.6. The minimum absolute atomic E-state index is 0.222. The zero-order valence-corrected chi connectivity index (χ0v) is 14.8. The summed E-state index contributed by atoms with van der Waals surface area (Å²) in [7, 11) is 0. The highest BCUT2D eigenvalue weighted by atomic mass is 35.5. The fourth-order valence-corrected chi connectivity index (χ4v) is 3.57. The smallest absolute Gasteiger partial charge is 0.0438 e. The number of hydrogen-bond acceptors (Lipinski definition) is 2. The second-order valence-electron chi connectivity index (χ2n) is 6.74. The topological polar surface area (TPSA) is 15.3 Å². The van der Waals surface area contributed by atoms with E-state index in [1.165, 1.54) is 11.3 Å². The van der Waals surface area contributed by atoms with Crippen LogP contribution in [0.25, 0.3) is 0 Å². The number of halogens is 1. The summed E-state index contributed by atoms with van der Waals surface area (Å²) in [6, 6.07) is 6.78. The molecule has 0 amide bonds. The Morgan fingerprint density at radius 1 is 1.33 bits per heavy atom. The van der Waals surface area contributed by atoms with Gasteiger partial charge in [0.2, 0.25) is 0 Å². The fourth-order valence-electron chi connectivity index (χ4n) is 3.41. The number of rotatable bonds is 4. The van der Waals surface area contributed by atoms with Gasteiger partial charge in [-0.25, -0.2) is 0 Å². The van der Waals surface area contributed by atoms with Crippen LogP contribution >= 0.6 is 11.6 Å². The molecule has 3 heteroatoms. The zero-order valence-electron chi connectivity index (χ0n) is 14.0. The summed E-state index contributed by atoms with van der Waals surface area (Å²) in [6.45, 7) is 13.5. The molecule has 1 N–H and O–H groups in total. The summed E-state index contributed by atoms with van der Waals surface area (Å²) in [5.74, 6) is 0.614. The van der Waals surface area contributed by atoms with Crippen LogP contribution in [-0.4, -0.2) is 24.7 Å². The van der Waals surface area contributed by atoms with E-state index < -0.39 is 0 Å². The first-order valence-corrected chi connectivity index (χ1v) is 8.58. The lowest BCUT2D eigenvalue weighted by Gasteiger charge is -2.50. The van der Waals surface area contributed by atoms with Gasteiger partial charge in [-0.1, -0.05) is 45.4 Å². The van der Waals surface area contributed by atoms with E-state index in [0.29, 0.717) is 12.0 Å². The summed E-state index contributed by atoms with van der Waals surface area (Å²) in [5, 5.41) is 4.65. The first-order chi connectivity index (χ1) is 9.92. The molecule has 1 atom stereocenters. The molecule has 1 fully saturated rings. The number of aryl methyl sites for hydroxylation is 1. The van der Waals surface area contributed by atoms with Crippen molar-refractivity contribution in [3.8, 4) is 0 Å². The minimum Gasteiger partial charge on any atom is -0.365 e. The van der Waals surface area contributed by atoms with Crippen molar-refractivity contribution in [1.29, 1.82) is 0 Å². The maximum absolute atomic E-state index is 6.26. The van der Waals surface area contributed by atoms with E-state index in [1.54, 1.807) is 0 Å². The Kier molecular flexibility index (Phi) is 5.21. The largest absolute Gasteiger partial charge is 0.365 e. The molecular weight excluding hydrogens is 280 g/mol. The molecule has 1 aliphatic rings. The van der Waals surface area contributed by atoms with Gasteiger partial charge >= 0.3 is 0 Å². The molecule has 0 spiro atoms.